The fraction of sp³-hybridized carbons (Fsp3) is 0.429. The van der Waals surface area contributed by atoms with Gasteiger partial charge in [-0.15, -0.1) is 10.2 Å². The summed E-state index contributed by atoms with van der Waals surface area (Å²) in [6, 6.07) is 16.1. The number of aromatic nitrogens is 2. The van der Waals surface area contributed by atoms with Crippen molar-refractivity contribution in [1.29, 1.82) is 0 Å². The monoisotopic (exact) mass is 522 g/mol. The Morgan fingerprint density at radius 1 is 0.944 bits per heavy atom. The number of anilines is 1. The zero-order valence-corrected chi connectivity index (χ0v) is 21.9. The molecule has 8 heteroatoms. The third-order valence-corrected chi connectivity index (χ3v) is 8.30. The highest BCUT2D eigenvalue weighted by molar-refractivity contribution is 7.13. The van der Waals surface area contributed by atoms with E-state index < -0.39 is 0 Å². The molecule has 188 valence electrons. The highest BCUT2D eigenvalue weighted by Gasteiger charge is 2.32. The summed E-state index contributed by atoms with van der Waals surface area (Å²) in [7, 11) is 0. The van der Waals surface area contributed by atoms with E-state index in [4.69, 9.17) is 11.6 Å². The number of piperidine rings is 1. The van der Waals surface area contributed by atoms with E-state index in [0.717, 1.165) is 35.1 Å². The molecule has 36 heavy (non-hydrogen) atoms. The van der Waals surface area contributed by atoms with Crippen LogP contribution in [0.25, 0.3) is 0 Å². The summed E-state index contributed by atoms with van der Waals surface area (Å²) in [6.07, 6.45) is 6.16. The lowest BCUT2D eigenvalue weighted by Crippen LogP contribution is -2.29. The summed E-state index contributed by atoms with van der Waals surface area (Å²) in [5.41, 5.74) is 3.37. The van der Waals surface area contributed by atoms with Crippen molar-refractivity contribution in [1.82, 2.24) is 15.1 Å². The van der Waals surface area contributed by atoms with Crippen molar-refractivity contribution in [3.05, 3.63) is 74.7 Å². The van der Waals surface area contributed by atoms with Crippen molar-refractivity contribution in [2.24, 2.45) is 5.92 Å². The van der Waals surface area contributed by atoms with Crippen LogP contribution in [0, 0.1) is 5.92 Å². The molecule has 3 heterocycles. The summed E-state index contributed by atoms with van der Waals surface area (Å²) in [5, 5.41) is 10.4. The second kappa shape index (κ2) is 11.6. The molecule has 2 aliphatic rings. The van der Waals surface area contributed by atoms with E-state index in [2.05, 4.69) is 27.2 Å². The SMILES string of the molecule is O=C(CC1CC(=O)N(c2ccc(CN3CCCCC3)cc2)C1)c1nnc(CCc2ccc(Cl)cc2)s1. The third-order valence-electron chi connectivity index (χ3n) is 7.03. The molecule has 2 aromatic carbocycles. The van der Waals surface area contributed by atoms with Gasteiger partial charge in [-0.2, -0.15) is 0 Å². The zero-order valence-electron chi connectivity index (χ0n) is 20.4. The van der Waals surface area contributed by atoms with Crippen molar-refractivity contribution in [3.8, 4) is 0 Å². The van der Waals surface area contributed by atoms with Gasteiger partial charge in [-0.3, -0.25) is 14.5 Å². The van der Waals surface area contributed by atoms with E-state index in [0.29, 0.717) is 24.4 Å². The van der Waals surface area contributed by atoms with Gasteiger partial charge < -0.3 is 4.90 Å². The average Bonchev–Trinajstić information content (AvgIpc) is 3.51. The molecule has 1 amide bonds. The average molecular weight is 523 g/mol. The highest BCUT2D eigenvalue weighted by Crippen LogP contribution is 2.29. The Kier molecular flexibility index (Phi) is 8.09. The van der Waals surface area contributed by atoms with E-state index in [9.17, 15) is 9.59 Å². The standard InChI is InChI=1S/C28H31ClN4O2S/c29-23-9-4-20(5-10-23)8-13-26-30-31-28(36-26)25(34)16-22-17-27(35)33(19-22)24-11-6-21(7-12-24)18-32-14-2-1-3-15-32/h4-7,9-12,22H,1-3,8,13-19H2. The molecule has 0 aliphatic carbocycles. The summed E-state index contributed by atoms with van der Waals surface area (Å²) in [5.74, 6) is 0.0544. The minimum atomic E-state index is -0.0261. The first-order chi connectivity index (χ1) is 17.5. The molecular formula is C28H31ClN4O2S. The van der Waals surface area contributed by atoms with Crippen LogP contribution in [0.5, 0.6) is 0 Å². The lowest BCUT2D eigenvalue weighted by molar-refractivity contribution is -0.117. The van der Waals surface area contributed by atoms with Crippen LogP contribution in [0.2, 0.25) is 5.02 Å². The Labute approximate surface area is 221 Å². The summed E-state index contributed by atoms with van der Waals surface area (Å²) in [4.78, 5) is 29.9. The van der Waals surface area contributed by atoms with E-state index in [1.807, 2.05) is 41.3 Å². The molecule has 0 N–H and O–H groups in total. The largest absolute Gasteiger partial charge is 0.312 e. The van der Waals surface area contributed by atoms with Gasteiger partial charge in [0.2, 0.25) is 5.91 Å². The molecule has 3 aromatic rings. The Morgan fingerprint density at radius 3 is 2.42 bits per heavy atom. The number of aryl methyl sites for hydroxylation is 2. The lowest BCUT2D eigenvalue weighted by atomic mass is 10.0. The van der Waals surface area contributed by atoms with Crippen LogP contribution in [0.3, 0.4) is 0 Å². The molecule has 2 aliphatic heterocycles. The van der Waals surface area contributed by atoms with Crippen LogP contribution in [0.4, 0.5) is 5.69 Å². The molecule has 0 spiro atoms. The fourth-order valence-corrected chi connectivity index (χ4v) is 5.96. The first-order valence-electron chi connectivity index (χ1n) is 12.8. The number of benzene rings is 2. The molecule has 5 rings (SSSR count). The maximum atomic E-state index is 12.9. The quantitative estimate of drug-likeness (QED) is 0.343. The number of likely N-dealkylation sites (tertiary alicyclic amines) is 1. The number of carbonyl (C=O) groups is 2. The molecule has 2 saturated heterocycles. The van der Waals surface area contributed by atoms with Crippen molar-refractivity contribution >= 4 is 40.3 Å². The second-order valence-electron chi connectivity index (χ2n) is 9.83. The maximum Gasteiger partial charge on any atom is 0.227 e. The van der Waals surface area contributed by atoms with E-state index in [-0.39, 0.29) is 17.6 Å². The third kappa shape index (κ3) is 6.38. The lowest BCUT2D eigenvalue weighted by Gasteiger charge is -2.26. The fourth-order valence-electron chi connectivity index (χ4n) is 5.04. The van der Waals surface area contributed by atoms with Crippen LogP contribution in [0.15, 0.2) is 48.5 Å². The number of Topliss-reactive ketones (excluding diaryl/α,β-unsaturated/α-hetero) is 1. The predicted molar refractivity (Wildman–Crippen MR) is 144 cm³/mol. The van der Waals surface area contributed by atoms with Gasteiger partial charge in [-0.05, 0) is 73.7 Å². The van der Waals surface area contributed by atoms with Crippen LogP contribution in [-0.4, -0.2) is 46.4 Å². The number of hydrogen-bond acceptors (Lipinski definition) is 6. The maximum absolute atomic E-state index is 12.9. The topological polar surface area (TPSA) is 66.4 Å². The predicted octanol–water partition coefficient (Wildman–Crippen LogP) is 5.59. The Hall–Kier alpha value is -2.61. The van der Waals surface area contributed by atoms with Gasteiger partial charge in [0.15, 0.2) is 10.8 Å². The summed E-state index contributed by atoms with van der Waals surface area (Å²) >= 11 is 7.31. The molecule has 1 aromatic heterocycles. The van der Waals surface area contributed by atoms with E-state index in [1.54, 1.807) is 0 Å². The van der Waals surface area contributed by atoms with Crippen LogP contribution in [-0.2, 0) is 24.2 Å². The number of carbonyl (C=O) groups excluding carboxylic acids is 2. The number of hydrogen-bond donors (Lipinski definition) is 0. The number of rotatable bonds is 9. The molecule has 6 nitrogen and oxygen atoms in total. The van der Waals surface area contributed by atoms with Gasteiger partial charge in [-0.1, -0.05) is 53.6 Å². The Balaban J connectivity index is 1.12. The van der Waals surface area contributed by atoms with E-state index in [1.165, 1.54) is 54.8 Å². The van der Waals surface area contributed by atoms with Crippen LogP contribution in [0.1, 0.15) is 58.0 Å². The molecule has 0 radical (unpaired) electrons. The van der Waals surface area contributed by atoms with Gasteiger partial charge >= 0.3 is 0 Å². The van der Waals surface area contributed by atoms with Gasteiger partial charge in [0.05, 0.1) is 0 Å². The van der Waals surface area contributed by atoms with Crippen molar-refractivity contribution in [2.75, 3.05) is 24.5 Å². The molecule has 0 saturated carbocycles. The highest BCUT2D eigenvalue weighted by atomic mass is 35.5. The van der Waals surface area contributed by atoms with Crippen molar-refractivity contribution < 1.29 is 9.59 Å². The Bertz CT molecular complexity index is 1190. The molecule has 0 bridgehead atoms. The minimum absolute atomic E-state index is 0.000515. The van der Waals surface area contributed by atoms with Crippen LogP contribution >= 0.6 is 22.9 Å². The van der Waals surface area contributed by atoms with E-state index >= 15 is 0 Å². The summed E-state index contributed by atoms with van der Waals surface area (Å²) in [6.45, 7) is 3.87. The van der Waals surface area contributed by atoms with Crippen molar-refractivity contribution in [2.45, 2.75) is 51.5 Å². The first kappa shape index (κ1) is 25.1. The molecule has 1 atom stereocenters. The number of nitrogens with zero attached hydrogens (tertiary/aromatic N) is 4. The Morgan fingerprint density at radius 2 is 1.67 bits per heavy atom. The molecule has 1 unspecified atom stereocenters. The molecular weight excluding hydrogens is 492 g/mol. The van der Waals surface area contributed by atoms with Crippen LogP contribution < -0.4 is 4.90 Å². The zero-order chi connectivity index (χ0) is 24.9. The number of amides is 1. The van der Waals surface area contributed by atoms with Gasteiger partial charge in [0.25, 0.3) is 0 Å². The van der Waals surface area contributed by atoms with Crippen molar-refractivity contribution in [3.63, 3.8) is 0 Å². The first-order valence-corrected chi connectivity index (χ1v) is 13.9. The van der Waals surface area contributed by atoms with Gasteiger partial charge in [0, 0.05) is 43.1 Å². The normalized spacial score (nSPS) is 18.6. The second-order valence-corrected chi connectivity index (χ2v) is 11.3. The molecule has 2 fully saturated rings. The summed E-state index contributed by atoms with van der Waals surface area (Å²) < 4.78 is 0. The number of ketones is 1. The number of halogens is 1. The smallest absolute Gasteiger partial charge is 0.227 e. The van der Waals surface area contributed by atoms with Gasteiger partial charge in [-0.25, -0.2) is 0 Å². The van der Waals surface area contributed by atoms with Gasteiger partial charge in [0.1, 0.15) is 5.01 Å². The minimum Gasteiger partial charge on any atom is -0.312 e.